The standard InChI is InChI=1S/C11H13ClN4O2S/c1-6-9(17)13-3-4-16(6)10(18)8-7(12)5-14-11(15-8)19-2/h5-6H,3-4H2,1-2H3,(H,13,17). The predicted octanol–water partition coefficient (Wildman–Crippen LogP) is 0.812. The van der Waals surface area contributed by atoms with Crippen molar-refractivity contribution in [2.24, 2.45) is 0 Å². The molecule has 0 radical (unpaired) electrons. The predicted molar refractivity (Wildman–Crippen MR) is 72.3 cm³/mol. The van der Waals surface area contributed by atoms with Crippen molar-refractivity contribution >= 4 is 35.2 Å². The molecule has 1 saturated heterocycles. The van der Waals surface area contributed by atoms with Gasteiger partial charge in [0.25, 0.3) is 5.91 Å². The summed E-state index contributed by atoms with van der Waals surface area (Å²) in [5.74, 6) is -0.514. The number of rotatable bonds is 2. The van der Waals surface area contributed by atoms with Crippen LogP contribution < -0.4 is 5.32 Å². The lowest BCUT2D eigenvalue weighted by Crippen LogP contribution is -2.56. The summed E-state index contributed by atoms with van der Waals surface area (Å²) in [4.78, 5) is 33.6. The Bertz CT molecular complexity index is 525. The van der Waals surface area contributed by atoms with Crippen molar-refractivity contribution in [2.75, 3.05) is 19.3 Å². The van der Waals surface area contributed by atoms with Gasteiger partial charge in [-0.2, -0.15) is 0 Å². The van der Waals surface area contributed by atoms with E-state index in [1.165, 1.54) is 22.9 Å². The smallest absolute Gasteiger partial charge is 0.274 e. The Kier molecular flexibility index (Phi) is 4.26. The SMILES string of the molecule is CSc1ncc(Cl)c(C(=O)N2CCNC(=O)C2C)n1. The van der Waals surface area contributed by atoms with E-state index in [9.17, 15) is 9.59 Å². The first-order valence-electron chi connectivity index (χ1n) is 5.69. The van der Waals surface area contributed by atoms with Crippen molar-refractivity contribution in [3.8, 4) is 0 Å². The Balaban J connectivity index is 2.30. The van der Waals surface area contributed by atoms with E-state index in [0.29, 0.717) is 18.2 Å². The molecule has 1 aliphatic rings. The van der Waals surface area contributed by atoms with Gasteiger partial charge >= 0.3 is 0 Å². The molecule has 19 heavy (non-hydrogen) atoms. The molecule has 2 heterocycles. The number of halogens is 1. The van der Waals surface area contributed by atoms with Crippen LogP contribution in [0.3, 0.4) is 0 Å². The van der Waals surface area contributed by atoms with E-state index >= 15 is 0 Å². The second-order valence-corrected chi connectivity index (χ2v) is 5.20. The maximum absolute atomic E-state index is 12.4. The largest absolute Gasteiger partial charge is 0.353 e. The maximum Gasteiger partial charge on any atom is 0.274 e. The van der Waals surface area contributed by atoms with Crippen LogP contribution in [-0.4, -0.2) is 52.1 Å². The third kappa shape index (κ3) is 2.82. The molecule has 0 aromatic carbocycles. The van der Waals surface area contributed by atoms with Gasteiger partial charge in [-0.05, 0) is 13.2 Å². The number of hydrogen-bond acceptors (Lipinski definition) is 5. The number of thioether (sulfide) groups is 1. The minimum absolute atomic E-state index is 0.141. The Morgan fingerprint density at radius 2 is 2.37 bits per heavy atom. The van der Waals surface area contributed by atoms with Gasteiger partial charge in [-0.1, -0.05) is 23.4 Å². The molecule has 102 valence electrons. The quantitative estimate of drug-likeness (QED) is 0.646. The average molecular weight is 301 g/mol. The first kappa shape index (κ1) is 14.1. The fourth-order valence-corrected chi connectivity index (χ4v) is 2.31. The third-order valence-corrected chi connectivity index (χ3v) is 3.71. The van der Waals surface area contributed by atoms with Crippen molar-refractivity contribution in [1.82, 2.24) is 20.2 Å². The summed E-state index contributed by atoms with van der Waals surface area (Å²) < 4.78 is 0. The van der Waals surface area contributed by atoms with Crippen molar-refractivity contribution in [1.29, 1.82) is 0 Å². The van der Waals surface area contributed by atoms with Gasteiger partial charge < -0.3 is 10.2 Å². The Morgan fingerprint density at radius 3 is 3.05 bits per heavy atom. The topological polar surface area (TPSA) is 75.2 Å². The Hall–Kier alpha value is -1.34. The fourth-order valence-electron chi connectivity index (χ4n) is 1.80. The van der Waals surface area contributed by atoms with Gasteiger partial charge in [0.15, 0.2) is 10.9 Å². The van der Waals surface area contributed by atoms with Gasteiger partial charge in [0.1, 0.15) is 6.04 Å². The van der Waals surface area contributed by atoms with Crippen LogP contribution in [0.15, 0.2) is 11.4 Å². The van der Waals surface area contributed by atoms with E-state index in [1.807, 2.05) is 6.26 Å². The van der Waals surface area contributed by atoms with Crippen molar-refractivity contribution in [2.45, 2.75) is 18.1 Å². The highest BCUT2D eigenvalue weighted by Crippen LogP contribution is 2.19. The van der Waals surface area contributed by atoms with Crippen molar-refractivity contribution in [3.63, 3.8) is 0 Å². The molecule has 8 heteroatoms. The fraction of sp³-hybridized carbons (Fsp3) is 0.455. The minimum Gasteiger partial charge on any atom is -0.353 e. The van der Waals surface area contributed by atoms with Crippen LogP contribution >= 0.6 is 23.4 Å². The molecule has 1 unspecified atom stereocenters. The third-order valence-electron chi connectivity index (χ3n) is 2.87. The lowest BCUT2D eigenvalue weighted by molar-refractivity contribution is -0.127. The van der Waals surface area contributed by atoms with Crippen LogP contribution in [0, 0.1) is 0 Å². The number of aromatic nitrogens is 2. The van der Waals surface area contributed by atoms with Crippen molar-refractivity contribution in [3.05, 3.63) is 16.9 Å². The summed E-state index contributed by atoms with van der Waals surface area (Å²) >= 11 is 7.30. The van der Waals surface area contributed by atoms with Crippen molar-refractivity contribution < 1.29 is 9.59 Å². The molecule has 0 bridgehead atoms. The molecule has 0 aliphatic carbocycles. The first-order chi connectivity index (χ1) is 9.04. The molecule has 0 saturated carbocycles. The number of piperazine rings is 1. The molecule has 0 spiro atoms. The minimum atomic E-state index is -0.523. The van der Waals surface area contributed by atoms with E-state index < -0.39 is 6.04 Å². The van der Waals surface area contributed by atoms with Crippen LogP contribution in [0.1, 0.15) is 17.4 Å². The zero-order chi connectivity index (χ0) is 14.0. The molecule has 1 aliphatic heterocycles. The number of carbonyl (C=O) groups is 2. The summed E-state index contributed by atoms with van der Waals surface area (Å²) in [6.07, 6.45) is 3.22. The van der Waals surface area contributed by atoms with E-state index in [0.717, 1.165) is 0 Å². The van der Waals surface area contributed by atoms with Crippen LogP contribution in [0.25, 0.3) is 0 Å². The van der Waals surface area contributed by atoms with Crippen LogP contribution in [0.2, 0.25) is 5.02 Å². The van der Waals surface area contributed by atoms with Gasteiger partial charge in [0.2, 0.25) is 5.91 Å². The second-order valence-electron chi connectivity index (χ2n) is 4.02. The Labute approximate surface area is 119 Å². The first-order valence-corrected chi connectivity index (χ1v) is 7.30. The number of nitrogens with one attached hydrogen (secondary N) is 1. The molecular formula is C11H13ClN4O2S. The highest BCUT2D eigenvalue weighted by atomic mass is 35.5. The summed E-state index contributed by atoms with van der Waals surface area (Å²) in [6, 6.07) is -0.523. The van der Waals surface area contributed by atoms with Gasteiger partial charge in [0.05, 0.1) is 11.2 Å². The average Bonchev–Trinajstić information content (AvgIpc) is 2.42. The number of hydrogen-bond donors (Lipinski definition) is 1. The number of carbonyl (C=O) groups excluding carboxylic acids is 2. The van der Waals surface area contributed by atoms with E-state index in [-0.39, 0.29) is 22.5 Å². The molecular weight excluding hydrogens is 288 g/mol. The lowest BCUT2D eigenvalue weighted by Gasteiger charge is -2.32. The molecule has 1 N–H and O–H groups in total. The van der Waals surface area contributed by atoms with E-state index in [4.69, 9.17) is 11.6 Å². The molecule has 2 amide bonds. The Morgan fingerprint density at radius 1 is 1.63 bits per heavy atom. The highest BCUT2D eigenvalue weighted by Gasteiger charge is 2.31. The van der Waals surface area contributed by atoms with E-state index in [1.54, 1.807) is 6.92 Å². The monoisotopic (exact) mass is 300 g/mol. The molecule has 6 nitrogen and oxygen atoms in total. The maximum atomic E-state index is 12.4. The van der Waals surface area contributed by atoms with Crippen LogP contribution in [0.5, 0.6) is 0 Å². The summed E-state index contributed by atoms with van der Waals surface area (Å²) in [5, 5.41) is 3.37. The summed E-state index contributed by atoms with van der Waals surface area (Å²) in [6.45, 7) is 2.56. The number of nitrogens with zero attached hydrogens (tertiary/aromatic N) is 3. The summed E-state index contributed by atoms with van der Waals surface area (Å²) in [7, 11) is 0. The molecule has 2 rings (SSSR count). The van der Waals surface area contributed by atoms with Crippen LogP contribution in [-0.2, 0) is 4.79 Å². The van der Waals surface area contributed by atoms with Gasteiger partial charge in [0, 0.05) is 13.1 Å². The van der Waals surface area contributed by atoms with E-state index in [2.05, 4.69) is 15.3 Å². The highest BCUT2D eigenvalue weighted by molar-refractivity contribution is 7.98. The normalized spacial score (nSPS) is 19.2. The molecule has 1 fully saturated rings. The summed E-state index contributed by atoms with van der Waals surface area (Å²) in [5.41, 5.74) is 0.141. The molecule has 1 atom stereocenters. The zero-order valence-corrected chi connectivity index (χ0v) is 12.1. The van der Waals surface area contributed by atoms with Crippen LogP contribution in [0.4, 0.5) is 0 Å². The van der Waals surface area contributed by atoms with Gasteiger partial charge in [-0.25, -0.2) is 9.97 Å². The number of amides is 2. The van der Waals surface area contributed by atoms with Gasteiger partial charge in [-0.3, -0.25) is 9.59 Å². The van der Waals surface area contributed by atoms with Gasteiger partial charge in [-0.15, -0.1) is 0 Å². The lowest BCUT2D eigenvalue weighted by atomic mass is 10.2. The molecule has 1 aromatic rings. The molecule has 1 aromatic heterocycles. The second kappa shape index (κ2) is 5.75. The zero-order valence-electron chi connectivity index (χ0n) is 10.5.